The molecule has 0 aliphatic rings. The summed E-state index contributed by atoms with van der Waals surface area (Å²) in [5.41, 5.74) is 0. The van der Waals surface area contributed by atoms with Crippen molar-refractivity contribution in [3.8, 4) is 0 Å². The van der Waals surface area contributed by atoms with E-state index in [4.69, 9.17) is 9.05 Å². The number of hydrogen-bond acceptors (Lipinski definition) is 5. The highest BCUT2D eigenvalue weighted by atomic mass is 31.2. The smallest absolute Gasteiger partial charge is 0.387 e. The molecule has 0 radical (unpaired) electrons. The van der Waals surface area contributed by atoms with E-state index in [1.54, 1.807) is 6.08 Å². The molecule has 332 valence electrons. The van der Waals surface area contributed by atoms with E-state index >= 15 is 0 Å². The molecule has 0 rings (SSSR count). The van der Waals surface area contributed by atoms with Crippen molar-refractivity contribution >= 4 is 13.7 Å². The minimum absolute atomic E-state index is 0.0603. The fraction of sp³-hybridized carbons (Fsp3) is 0.894. The fourth-order valence-corrected chi connectivity index (χ4v) is 7.58. The molecule has 1 amide bonds. The van der Waals surface area contributed by atoms with E-state index in [-0.39, 0.29) is 19.1 Å². The van der Waals surface area contributed by atoms with Gasteiger partial charge < -0.3 is 19.8 Å². The van der Waals surface area contributed by atoms with Crippen LogP contribution >= 0.6 is 7.82 Å². The fourth-order valence-electron chi connectivity index (χ4n) is 6.85. The molecule has 56 heavy (non-hydrogen) atoms. The lowest BCUT2D eigenvalue weighted by Gasteiger charge is -2.25. The summed E-state index contributed by atoms with van der Waals surface area (Å²) in [5.74, 6) is -0.191. The Morgan fingerprint density at radius 2 is 0.982 bits per heavy atom. The molecule has 0 spiro atoms. The lowest BCUT2D eigenvalue weighted by Crippen LogP contribution is -2.45. The van der Waals surface area contributed by atoms with Crippen LogP contribution in [0.25, 0.3) is 0 Å². The number of carbonyl (C=O) groups is 1. The van der Waals surface area contributed by atoms with Gasteiger partial charge in [-0.15, -0.1) is 0 Å². The van der Waals surface area contributed by atoms with Crippen LogP contribution < -0.4 is 5.32 Å². The van der Waals surface area contributed by atoms with Gasteiger partial charge in [0.2, 0.25) is 5.91 Å². The third-order valence-electron chi connectivity index (χ3n) is 10.7. The predicted molar refractivity (Wildman–Crippen MR) is 240 cm³/mol. The first-order chi connectivity index (χ1) is 27.0. The maximum absolute atomic E-state index is 12.8. The van der Waals surface area contributed by atoms with E-state index < -0.39 is 20.0 Å². The maximum atomic E-state index is 12.8. The van der Waals surface area contributed by atoms with Gasteiger partial charge in [-0.3, -0.25) is 13.8 Å². The first kappa shape index (κ1) is 55.0. The lowest BCUT2D eigenvalue weighted by atomic mass is 10.0. The molecule has 3 unspecified atom stereocenters. The van der Waals surface area contributed by atoms with Crippen LogP contribution in [-0.4, -0.2) is 73.4 Å². The Balaban J connectivity index is 4.22. The Kier molecular flexibility index (Phi) is 38.7. The predicted octanol–water partition coefficient (Wildman–Crippen LogP) is 13.3. The number of allylic oxidation sites excluding steroid dienone is 3. The van der Waals surface area contributed by atoms with Crippen LogP contribution in [0.5, 0.6) is 0 Å². The topological polar surface area (TPSA) is 105 Å². The highest BCUT2D eigenvalue weighted by Gasteiger charge is 2.27. The zero-order chi connectivity index (χ0) is 41.4. The number of aliphatic hydroxyl groups excluding tert-OH is 1. The summed E-state index contributed by atoms with van der Waals surface area (Å²) in [6, 6.07) is -0.848. The first-order valence-electron chi connectivity index (χ1n) is 23.7. The monoisotopic (exact) mass is 814 g/mol. The number of unbranched alkanes of at least 4 members (excludes halogenated alkanes) is 28. The molecule has 0 fully saturated rings. The third-order valence-corrected chi connectivity index (χ3v) is 11.6. The Bertz CT molecular complexity index is 969. The summed E-state index contributed by atoms with van der Waals surface area (Å²) in [6.45, 7) is 4.77. The summed E-state index contributed by atoms with van der Waals surface area (Å²) < 4.78 is 23.5. The van der Waals surface area contributed by atoms with Gasteiger partial charge in [0.15, 0.2) is 0 Å². The van der Waals surface area contributed by atoms with Crippen molar-refractivity contribution in [2.24, 2.45) is 0 Å². The SMILES string of the molecule is CCCC/C=C\CCCCCCC(=O)NC(COP(=O)(O)OCC[N+](C)(C)C)C(O)/C=C/CCCCCCCCCCCCCCCCCCCCCCCC. The molecule has 9 heteroatoms. The quantitative estimate of drug-likeness (QED) is 0.0245. The number of likely N-dealkylation sites (N-methyl/N-ethyl adjacent to an activating group) is 1. The van der Waals surface area contributed by atoms with E-state index in [2.05, 4.69) is 31.3 Å². The first-order valence-corrected chi connectivity index (χ1v) is 25.2. The van der Waals surface area contributed by atoms with Crippen LogP contribution in [0.4, 0.5) is 0 Å². The molecule has 3 N–H and O–H groups in total. The summed E-state index contributed by atoms with van der Waals surface area (Å²) in [7, 11) is 1.57. The number of aliphatic hydroxyl groups is 1. The number of phosphoric acid groups is 1. The van der Waals surface area contributed by atoms with Gasteiger partial charge in [-0.2, -0.15) is 0 Å². The number of nitrogens with one attached hydrogen (secondary N) is 1. The molecule has 0 heterocycles. The van der Waals surface area contributed by atoms with Gasteiger partial charge in [0, 0.05) is 6.42 Å². The van der Waals surface area contributed by atoms with Crippen molar-refractivity contribution in [1.29, 1.82) is 0 Å². The van der Waals surface area contributed by atoms with E-state index in [1.807, 2.05) is 27.2 Å². The van der Waals surface area contributed by atoms with Gasteiger partial charge in [-0.05, 0) is 38.5 Å². The van der Waals surface area contributed by atoms with Crippen molar-refractivity contribution in [1.82, 2.24) is 5.32 Å². The van der Waals surface area contributed by atoms with Gasteiger partial charge in [0.25, 0.3) is 0 Å². The largest absolute Gasteiger partial charge is 0.472 e. The second-order valence-electron chi connectivity index (χ2n) is 17.5. The van der Waals surface area contributed by atoms with E-state index in [0.717, 1.165) is 57.8 Å². The highest BCUT2D eigenvalue weighted by molar-refractivity contribution is 7.47. The molecule has 0 bridgehead atoms. The molecule has 0 saturated carbocycles. The van der Waals surface area contributed by atoms with Gasteiger partial charge in [0.1, 0.15) is 13.2 Å². The number of quaternary nitrogens is 1. The van der Waals surface area contributed by atoms with Crippen LogP contribution in [0, 0.1) is 0 Å². The van der Waals surface area contributed by atoms with E-state index in [9.17, 15) is 19.4 Å². The molecule has 0 aliphatic heterocycles. The summed E-state index contributed by atoms with van der Waals surface area (Å²) in [4.78, 5) is 23.0. The molecule has 3 atom stereocenters. The Hall–Kier alpha value is -1.02. The summed E-state index contributed by atoms with van der Waals surface area (Å²) >= 11 is 0. The molecule has 8 nitrogen and oxygen atoms in total. The van der Waals surface area contributed by atoms with Crippen LogP contribution in [0.3, 0.4) is 0 Å². The second-order valence-corrected chi connectivity index (χ2v) is 18.9. The van der Waals surface area contributed by atoms with Crippen LogP contribution in [0.15, 0.2) is 24.3 Å². The van der Waals surface area contributed by atoms with Crippen molar-refractivity contribution in [3.05, 3.63) is 24.3 Å². The Morgan fingerprint density at radius 1 is 0.589 bits per heavy atom. The zero-order valence-electron chi connectivity index (χ0n) is 37.6. The molecular formula is C47H94N2O6P+. The van der Waals surface area contributed by atoms with Crippen molar-refractivity contribution in [2.45, 2.75) is 231 Å². The number of phosphoric ester groups is 1. The average molecular weight is 814 g/mol. The van der Waals surface area contributed by atoms with E-state index in [1.165, 1.54) is 141 Å². The molecule has 0 aromatic rings. The average Bonchev–Trinajstić information content (AvgIpc) is 3.15. The van der Waals surface area contributed by atoms with Gasteiger partial charge >= 0.3 is 7.82 Å². The summed E-state index contributed by atoms with van der Waals surface area (Å²) in [6.07, 6.45) is 47.0. The zero-order valence-corrected chi connectivity index (χ0v) is 38.5. The van der Waals surface area contributed by atoms with E-state index in [0.29, 0.717) is 17.4 Å². The molecule has 0 aromatic heterocycles. The van der Waals surface area contributed by atoms with Crippen molar-refractivity contribution < 1.29 is 32.9 Å². The Labute approximate surface area is 347 Å². The second kappa shape index (κ2) is 39.4. The van der Waals surface area contributed by atoms with Crippen LogP contribution in [0.1, 0.15) is 219 Å². The standard InChI is InChI=1S/C47H93N2O6P/c1-6-8-10-12-14-16-18-19-20-21-22-23-24-25-26-27-28-29-30-31-32-34-36-38-40-46(50)45(44-55-56(52,53)54-43-42-49(3,4)5)48-47(51)41-39-37-35-33-17-15-13-11-9-7-2/h13,15,38,40,45-46,50H,6-12,14,16-37,39,41-44H2,1-5H3,(H-,48,51,52,53)/p+1/b15-13-,40-38+. The van der Waals surface area contributed by atoms with Gasteiger partial charge in [0.05, 0.1) is 39.9 Å². The van der Waals surface area contributed by atoms with Gasteiger partial charge in [-0.1, -0.05) is 199 Å². The molecular weight excluding hydrogens is 719 g/mol. The lowest BCUT2D eigenvalue weighted by molar-refractivity contribution is -0.870. The Morgan fingerprint density at radius 3 is 1.43 bits per heavy atom. The number of hydrogen-bond donors (Lipinski definition) is 3. The minimum atomic E-state index is -4.34. The normalized spacial score (nSPS) is 14.5. The molecule has 0 saturated heterocycles. The minimum Gasteiger partial charge on any atom is -0.387 e. The highest BCUT2D eigenvalue weighted by Crippen LogP contribution is 2.43. The van der Waals surface area contributed by atoms with Crippen molar-refractivity contribution in [3.63, 3.8) is 0 Å². The van der Waals surface area contributed by atoms with Crippen LogP contribution in [-0.2, 0) is 18.4 Å². The van der Waals surface area contributed by atoms with Crippen LogP contribution in [0.2, 0.25) is 0 Å². The summed E-state index contributed by atoms with van der Waals surface area (Å²) in [5, 5.41) is 13.8. The number of rotatable bonds is 43. The molecule has 0 aromatic carbocycles. The van der Waals surface area contributed by atoms with Gasteiger partial charge in [-0.25, -0.2) is 4.57 Å². The molecule has 0 aliphatic carbocycles. The number of carbonyl (C=O) groups excluding carboxylic acids is 1. The maximum Gasteiger partial charge on any atom is 0.472 e. The number of amides is 1. The third kappa shape index (κ3) is 41.2. The number of nitrogens with zero attached hydrogens (tertiary/aromatic N) is 1. The van der Waals surface area contributed by atoms with Crippen molar-refractivity contribution in [2.75, 3.05) is 40.9 Å².